The van der Waals surface area contributed by atoms with E-state index in [0.717, 1.165) is 22.3 Å². The van der Waals surface area contributed by atoms with Crippen molar-refractivity contribution in [2.75, 3.05) is 7.05 Å². The number of carbonyl (C=O) groups is 4. The van der Waals surface area contributed by atoms with E-state index in [1.165, 1.54) is 18.0 Å². The quantitative estimate of drug-likeness (QED) is 0.329. The van der Waals surface area contributed by atoms with Gasteiger partial charge in [-0.1, -0.05) is 72.3 Å². The second kappa shape index (κ2) is 9.99. The minimum Gasteiger partial charge on any atom is -0.508 e. The first-order valence-corrected chi connectivity index (χ1v) is 15.4. The van der Waals surface area contributed by atoms with E-state index < -0.39 is 35.0 Å². The molecule has 1 saturated heterocycles. The Morgan fingerprint density at radius 3 is 2.38 bits per heavy atom. The Kier molecular flexibility index (Phi) is 6.11. The molecule has 2 amide bonds. The molecule has 1 N–H and O–H groups in total. The molecule has 7 heteroatoms. The van der Waals surface area contributed by atoms with Gasteiger partial charge in [0.1, 0.15) is 11.5 Å². The summed E-state index contributed by atoms with van der Waals surface area (Å²) in [6.07, 6.45) is 6.29. The highest BCUT2D eigenvalue weighted by Gasteiger charge is 2.66. The number of amides is 2. The zero-order valence-corrected chi connectivity index (χ0v) is 24.7. The Balaban J connectivity index is 1.38. The number of allylic oxidation sites excluding steroid dienone is 5. The minimum absolute atomic E-state index is 0.105. The average Bonchev–Trinajstić information content (AvgIpc) is 3.29. The van der Waals surface area contributed by atoms with Crippen LogP contribution >= 0.6 is 0 Å². The number of aromatic hydroxyl groups is 1. The van der Waals surface area contributed by atoms with Crippen molar-refractivity contribution in [1.29, 1.82) is 0 Å². The molecule has 8 rings (SSSR count). The van der Waals surface area contributed by atoms with Gasteiger partial charge in [0.05, 0.1) is 23.5 Å². The summed E-state index contributed by atoms with van der Waals surface area (Å²) in [4.78, 5) is 58.0. The van der Waals surface area contributed by atoms with Crippen LogP contribution < -0.4 is 4.74 Å². The Labute approximate surface area is 260 Å². The summed E-state index contributed by atoms with van der Waals surface area (Å²) >= 11 is 0. The monoisotopic (exact) mass is 597 g/mol. The fourth-order valence-corrected chi connectivity index (χ4v) is 8.85. The lowest BCUT2D eigenvalue weighted by Crippen LogP contribution is -2.60. The van der Waals surface area contributed by atoms with Crippen molar-refractivity contribution in [3.8, 4) is 11.5 Å². The van der Waals surface area contributed by atoms with Crippen LogP contribution in [0.2, 0.25) is 0 Å². The summed E-state index contributed by atoms with van der Waals surface area (Å²) < 4.78 is 6.14. The first kappa shape index (κ1) is 27.5. The maximum atomic E-state index is 15.0. The van der Waals surface area contributed by atoms with E-state index in [-0.39, 0.29) is 35.6 Å². The van der Waals surface area contributed by atoms with Crippen molar-refractivity contribution in [2.24, 2.45) is 29.6 Å². The number of nitrogens with zero attached hydrogens (tertiary/aromatic N) is 1. The minimum atomic E-state index is -1.30. The summed E-state index contributed by atoms with van der Waals surface area (Å²) in [5.74, 6) is -2.93. The van der Waals surface area contributed by atoms with Gasteiger partial charge in [-0.05, 0) is 59.7 Å². The molecular weight excluding hydrogens is 566 g/mol. The Morgan fingerprint density at radius 1 is 0.889 bits per heavy atom. The SMILES string of the molecule is CN1C(=O)C2CC=C3C(CC4C(=O)C(c5ccccc5)=CC(=O)C4(c4ccccc4)C3C3=COc4ccc(O)cc4C3)C2C1=O. The van der Waals surface area contributed by atoms with Crippen LogP contribution in [0.1, 0.15) is 29.5 Å². The normalized spacial score (nSPS) is 30.3. The van der Waals surface area contributed by atoms with E-state index in [2.05, 4.69) is 6.08 Å². The van der Waals surface area contributed by atoms with E-state index in [1.54, 1.807) is 24.5 Å². The number of fused-ring (bicyclic) bond motifs is 5. The largest absolute Gasteiger partial charge is 0.508 e. The molecule has 1 saturated carbocycles. The van der Waals surface area contributed by atoms with Crippen molar-refractivity contribution >= 4 is 29.0 Å². The summed E-state index contributed by atoms with van der Waals surface area (Å²) in [7, 11) is 1.53. The molecule has 7 nitrogen and oxygen atoms in total. The van der Waals surface area contributed by atoms with Crippen molar-refractivity contribution in [3.05, 3.63) is 125 Å². The van der Waals surface area contributed by atoms with Crippen LogP contribution in [0.5, 0.6) is 11.5 Å². The van der Waals surface area contributed by atoms with Gasteiger partial charge in [0.15, 0.2) is 11.6 Å². The number of Topliss-reactive ketones (excluding diaryl/α,β-unsaturated/α-hetero) is 1. The second-order valence-corrected chi connectivity index (χ2v) is 12.8. The lowest BCUT2D eigenvalue weighted by molar-refractivity contribution is -0.139. The summed E-state index contributed by atoms with van der Waals surface area (Å²) in [6.45, 7) is 0. The van der Waals surface area contributed by atoms with E-state index >= 15 is 4.79 Å². The smallest absolute Gasteiger partial charge is 0.233 e. The summed E-state index contributed by atoms with van der Waals surface area (Å²) in [6, 6.07) is 23.7. The Morgan fingerprint density at radius 2 is 1.62 bits per heavy atom. The number of hydrogen-bond donors (Lipinski definition) is 1. The molecule has 2 heterocycles. The highest BCUT2D eigenvalue weighted by Crippen LogP contribution is 2.62. The first-order chi connectivity index (χ1) is 21.8. The number of imide groups is 1. The van der Waals surface area contributed by atoms with Crippen LogP contribution in [0.3, 0.4) is 0 Å². The fourth-order valence-electron chi connectivity index (χ4n) is 8.85. The maximum absolute atomic E-state index is 15.0. The molecule has 6 unspecified atom stereocenters. The number of ketones is 2. The molecule has 6 atom stereocenters. The molecule has 3 aromatic rings. The van der Waals surface area contributed by atoms with Gasteiger partial charge < -0.3 is 9.84 Å². The van der Waals surface area contributed by atoms with Gasteiger partial charge in [-0.2, -0.15) is 0 Å². The van der Waals surface area contributed by atoms with E-state index in [1.807, 2.05) is 60.7 Å². The van der Waals surface area contributed by atoms with E-state index in [9.17, 15) is 19.5 Å². The molecule has 0 aromatic heterocycles. The number of ether oxygens (including phenoxy) is 1. The Bertz CT molecular complexity index is 1890. The number of phenols is 1. The molecule has 224 valence electrons. The molecule has 5 aliphatic rings. The van der Waals surface area contributed by atoms with Gasteiger partial charge in [0, 0.05) is 36.4 Å². The zero-order chi connectivity index (χ0) is 31.0. The number of benzene rings is 3. The van der Waals surface area contributed by atoms with E-state index in [0.29, 0.717) is 29.7 Å². The van der Waals surface area contributed by atoms with Crippen molar-refractivity contribution in [3.63, 3.8) is 0 Å². The molecule has 45 heavy (non-hydrogen) atoms. The third-order valence-electron chi connectivity index (χ3n) is 10.7. The molecule has 3 aliphatic carbocycles. The molecule has 0 bridgehead atoms. The van der Waals surface area contributed by atoms with Crippen molar-refractivity contribution in [2.45, 2.75) is 24.7 Å². The van der Waals surface area contributed by atoms with E-state index in [4.69, 9.17) is 4.74 Å². The predicted molar refractivity (Wildman–Crippen MR) is 166 cm³/mol. The van der Waals surface area contributed by atoms with Crippen LogP contribution in [0.15, 0.2) is 108 Å². The standard InChI is InChI=1S/C38H31NO6/c1-39-36(43)27-14-13-26-29(33(27)37(39)44)18-30-35(42)28(21-8-4-2-5-9-21)19-32(41)38(30,24-10-6-3-7-11-24)34(26)23-16-22-17-25(40)12-15-31(22)45-20-23/h2-13,15,17,19-20,27,29-30,33-34,40H,14,16,18H2,1H3. The molecule has 3 aromatic carbocycles. The third-order valence-corrected chi connectivity index (χ3v) is 10.7. The molecular formula is C38H31NO6. The van der Waals surface area contributed by atoms with Crippen molar-refractivity contribution in [1.82, 2.24) is 4.90 Å². The number of phenolic OH excluding ortho intramolecular Hbond substituents is 1. The van der Waals surface area contributed by atoms with Crippen LogP contribution in [0, 0.1) is 29.6 Å². The van der Waals surface area contributed by atoms with Crippen LogP contribution in [-0.4, -0.2) is 40.4 Å². The van der Waals surface area contributed by atoms with Gasteiger partial charge in [-0.15, -0.1) is 0 Å². The fraction of sp³-hybridized carbons (Fsp3) is 0.263. The first-order valence-electron chi connectivity index (χ1n) is 15.4. The Hall–Kier alpha value is -5.04. The lowest BCUT2D eigenvalue weighted by Gasteiger charge is -2.56. The number of rotatable bonds is 3. The van der Waals surface area contributed by atoms with Gasteiger partial charge in [0.2, 0.25) is 11.8 Å². The van der Waals surface area contributed by atoms with Gasteiger partial charge >= 0.3 is 0 Å². The molecule has 0 spiro atoms. The van der Waals surface area contributed by atoms with Crippen LogP contribution in [0.4, 0.5) is 0 Å². The lowest BCUT2D eigenvalue weighted by atomic mass is 9.44. The number of carbonyl (C=O) groups excluding carboxylic acids is 4. The van der Waals surface area contributed by atoms with Crippen LogP contribution in [0.25, 0.3) is 5.57 Å². The highest BCUT2D eigenvalue weighted by atomic mass is 16.5. The summed E-state index contributed by atoms with van der Waals surface area (Å²) in [5.41, 5.74) is 2.94. The summed E-state index contributed by atoms with van der Waals surface area (Å²) in [5, 5.41) is 10.3. The zero-order valence-electron chi connectivity index (χ0n) is 24.7. The van der Waals surface area contributed by atoms with Gasteiger partial charge in [-0.3, -0.25) is 24.1 Å². The average molecular weight is 598 g/mol. The highest BCUT2D eigenvalue weighted by molar-refractivity contribution is 6.31. The van der Waals surface area contributed by atoms with Crippen LogP contribution in [-0.2, 0) is 31.0 Å². The number of hydrogen-bond acceptors (Lipinski definition) is 6. The topological polar surface area (TPSA) is 101 Å². The predicted octanol–water partition coefficient (Wildman–Crippen LogP) is 5.20. The number of likely N-dealkylation sites (tertiary alicyclic amines) is 1. The maximum Gasteiger partial charge on any atom is 0.233 e. The van der Waals surface area contributed by atoms with Crippen molar-refractivity contribution < 1.29 is 29.0 Å². The molecule has 0 radical (unpaired) electrons. The van der Waals surface area contributed by atoms with Gasteiger partial charge in [-0.25, -0.2) is 0 Å². The second-order valence-electron chi connectivity index (χ2n) is 12.8. The van der Waals surface area contributed by atoms with Gasteiger partial charge in [0.25, 0.3) is 0 Å². The molecule has 2 aliphatic heterocycles. The third kappa shape index (κ3) is 3.82. The molecule has 2 fully saturated rings.